The Balaban J connectivity index is 2.36. The van der Waals surface area contributed by atoms with Gasteiger partial charge in [-0.15, -0.1) is 0 Å². The van der Waals surface area contributed by atoms with Crippen LogP contribution in [-0.2, 0) is 11.3 Å². The molecule has 0 radical (unpaired) electrons. The first-order valence-electron chi connectivity index (χ1n) is 5.13. The van der Waals surface area contributed by atoms with Crippen molar-refractivity contribution in [1.29, 1.82) is 0 Å². The first kappa shape index (κ1) is 13.5. The number of aliphatic carboxylic acids is 1. The summed E-state index contributed by atoms with van der Waals surface area (Å²) in [4.78, 5) is 10.4. The van der Waals surface area contributed by atoms with Gasteiger partial charge in [-0.1, -0.05) is 0 Å². The maximum atomic E-state index is 13.2. The Morgan fingerprint density at radius 1 is 1.47 bits per heavy atom. The third-order valence-electron chi connectivity index (χ3n) is 2.27. The topological polar surface area (TPSA) is 75.3 Å². The number of hydrogen-bond donors (Lipinski definition) is 3. The van der Waals surface area contributed by atoms with Gasteiger partial charge in [-0.25, -0.2) is 8.78 Å². The van der Waals surface area contributed by atoms with Crippen LogP contribution in [0.2, 0.25) is 0 Å². The molecule has 0 aliphatic heterocycles. The van der Waals surface area contributed by atoms with Crippen molar-refractivity contribution in [2.24, 2.45) is 5.73 Å². The van der Waals surface area contributed by atoms with E-state index in [-0.39, 0.29) is 18.5 Å². The summed E-state index contributed by atoms with van der Waals surface area (Å²) in [6, 6.07) is 2.24. The van der Waals surface area contributed by atoms with E-state index in [0.717, 1.165) is 18.2 Å². The minimum absolute atomic E-state index is 0.135. The molecule has 4 N–H and O–H groups in total. The molecule has 0 amide bonds. The lowest BCUT2D eigenvalue weighted by Gasteiger charge is -2.08. The van der Waals surface area contributed by atoms with Gasteiger partial charge in [0.25, 0.3) is 0 Å². The first-order valence-corrected chi connectivity index (χ1v) is 5.13. The molecule has 0 aliphatic carbocycles. The molecule has 4 nitrogen and oxygen atoms in total. The molecule has 0 heterocycles. The molecule has 0 saturated heterocycles. The van der Waals surface area contributed by atoms with Crippen LogP contribution in [0.25, 0.3) is 0 Å². The molecule has 1 atom stereocenters. The second kappa shape index (κ2) is 6.27. The van der Waals surface area contributed by atoms with E-state index in [0.29, 0.717) is 6.54 Å². The van der Waals surface area contributed by atoms with Crippen molar-refractivity contribution in [3.8, 4) is 0 Å². The molecule has 1 aromatic rings. The Hall–Kier alpha value is -1.53. The Kier molecular flexibility index (Phi) is 4.99. The Bertz CT molecular complexity index is 399. The molecule has 0 spiro atoms. The van der Waals surface area contributed by atoms with Crippen LogP contribution in [0, 0.1) is 11.6 Å². The van der Waals surface area contributed by atoms with Gasteiger partial charge < -0.3 is 16.2 Å². The molecule has 6 heteroatoms. The highest BCUT2D eigenvalue weighted by atomic mass is 19.1. The van der Waals surface area contributed by atoms with Gasteiger partial charge in [0.1, 0.15) is 17.7 Å². The molecule has 1 rings (SSSR count). The van der Waals surface area contributed by atoms with Crippen molar-refractivity contribution in [1.82, 2.24) is 5.32 Å². The summed E-state index contributed by atoms with van der Waals surface area (Å²) in [6.45, 7) is 0.458. The number of nitrogens with one attached hydrogen (secondary N) is 1. The van der Waals surface area contributed by atoms with E-state index in [9.17, 15) is 13.6 Å². The van der Waals surface area contributed by atoms with E-state index in [1.807, 2.05) is 0 Å². The van der Waals surface area contributed by atoms with Gasteiger partial charge in [0.15, 0.2) is 0 Å². The predicted molar refractivity (Wildman–Crippen MR) is 58.3 cm³/mol. The molecule has 1 aromatic carbocycles. The SMILES string of the molecule is NC(CCNCc1cc(F)ccc1F)C(=O)O. The van der Waals surface area contributed by atoms with Crippen molar-refractivity contribution >= 4 is 5.97 Å². The average Bonchev–Trinajstić information content (AvgIpc) is 2.28. The van der Waals surface area contributed by atoms with Gasteiger partial charge in [0.2, 0.25) is 0 Å². The summed E-state index contributed by atoms with van der Waals surface area (Å²) in [6.07, 6.45) is 0.228. The van der Waals surface area contributed by atoms with Crippen molar-refractivity contribution in [3.05, 3.63) is 35.4 Å². The normalized spacial score (nSPS) is 12.4. The highest BCUT2D eigenvalue weighted by Crippen LogP contribution is 2.09. The van der Waals surface area contributed by atoms with E-state index in [2.05, 4.69) is 5.32 Å². The van der Waals surface area contributed by atoms with Crippen LogP contribution in [-0.4, -0.2) is 23.7 Å². The van der Waals surface area contributed by atoms with Crippen LogP contribution in [0.3, 0.4) is 0 Å². The molecule has 0 aliphatic rings. The maximum Gasteiger partial charge on any atom is 0.320 e. The minimum Gasteiger partial charge on any atom is -0.480 e. The number of halogens is 2. The van der Waals surface area contributed by atoms with Crippen molar-refractivity contribution in [2.45, 2.75) is 19.0 Å². The first-order chi connectivity index (χ1) is 8.00. The third kappa shape index (κ3) is 4.46. The number of carboxylic acids is 1. The highest BCUT2D eigenvalue weighted by Gasteiger charge is 2.10. The number of carbonyl (C=O) groups is 1. The van der Waals surface area contributed by atoms with Crippen LogP contribution in [0.15, 0.2) is 18.2 Å². The summed E-state index contributed by atoms with van der Waals surface area (Å²) in [5.74, 6) is -2.09. The fraction of sp³-hybridized carbons (Fsp3) is 0.364. The van der Waals surface area contributed by atoms with Gasteiger partial charge in [-0.3, -0.25) is 4.79 Å². The largest absolute Gasteiger partial charge is 0.480 e. The molecule has 94 valence electrons. The summed E-state index contributed by atoms with van der Waals surface area (Å²) >= 11 is 0. The number of carboxylic acid groups (broad SMARTS) is 1. The van der Waals surface area contributed by atoms with Crippen LogP contribution in [0.4, 0.5) is 8.78 Å². The molecule has 1 unspecified atom stereocenters. The smallest absolute Gasteiger partial charge is 0.320 e. The van der Waals surface area contributed by atoms with Crippen molar-refractivity contribution < 1.29 is 18.7 Å². The monoisotopic (exact) mass is 244 g/mol. The van der Waals surface area contributed by atoms with E-state index >= 15 is 0 Å². The second-order valence-corrected chi connectivity index (χ2v) is 3.65. The maximum absolute atomic E-state index is 13.2. The highest BCUT2D eigenvalue weighted by molar-refractivity contribution is 5.72. The van der Waals surface area contributed by atoms with E-state index in [1.54, 1.807) is 0 Å². The van der Waals surface area contributed by atoms with Crippen molar-refractivity contribution in [2.75, 3.05) is 6.54 Å². The zero-order chi connectivity index (χ0) is 12.8. The number of hydrogen-bond acceptors (Lipinski definition) is 3. The second-order valence-electron chi connectivity index (χ2n) is 3.65. The summed E-state index contributed by atoms with van der Waals surface area (Å²) in [5, 5.41) is 11.3. The van der Waals surface area contributed by atoms with Gasteiger partial charge in [0, 0.05) is 12.1 Å². The Morgan fingerprint density at radius 2 is 2.18 bits per heavy atom. The fourth-order valence-electron chi connectivity index (χ4n) is 1.28. The molecule has 17 heavy (non-hydrogen) atoms. The number of benzene rings is 1. The predicted octanol–water partition coefficient (Wildman–Crippen LogP) is 0.856. The third-order valence-corrected chi connectivity index (χ3v) is 2.27. The summed E-state index contributed by atoms with van der Waals surface area (Å²) in [5.41, 5.74) is 5.48. The lowest BCUT2D eigenvalue weighted by atomic mass is 10.2. The van der Waals surface area contributed by atoms with E-state index < -0.39 is 23.6 Å². The lowest BCUT2D eigenvalue weighted by molar-refractivity contribution is -0.138. The van der Waals surface area contributed by atoms with Gasteiger partial charge >= 0.3 is 5.97 Å². The van der Waals surface area contributed by atoms with Crippen LogP contribution in [0.1, 0.15) is 12.0 Å². The Labute approximate surface area is 97.4 Å². The fourth-order valence-corrected chi connectivity index (χ4v) is 1.28. The quantitative estimate of drug-likeness (QED) is 0.649. The molecule has 0 aromatic heterocycles. The van der Waals surface area contributed by atoms with Crippen LogP contribution >= 0.6 is 0 Å². The number of nitrogens with two attached hydrogens (primary N) is 1. The minimum atomic E-state index is -1.08. The average molecular weight is 244 g/mol. The molecule has 0 saturated carbocycles. The lowest BCUT2D eigenvalue weighted by Crippen LogP contribution is -2.33. The summed E-state index contributed by atoms with van der Waals surface area (Å²) < 4.78 is 26.0. The molecular formula is C11H14F2N2O2. The van der Waals surface area contributed by atoms with Crippen LogP contribution in [0.5, 0.6) is 0 Å². The zero-order valence-electron chi connectivity index (χ0n) is 9.12. The molecular weight excluding hydrogens is 230 g/mol. The van der Waals surface area contributed by atoms with E-state index in [4.69, 9.17) is 10.8 Å². The van der Waals surface area contributed by atoms with Crippen LogP contribution < -0.4 is 11.1 Å². The van der Waals surface area contributed by atoms with E-state index in [1.165, 1.54) is 0 Å². The summed E-state index contributed by atoms with van der Waals surface area (Å²) in [7, 11) is 0. The molecule has 0 fully saturated rings. The zero-order valence-corrected chi connectivity index (χ0v) is 9.12. The van der Waals surface area contributed by atoms with Gasteiger partial charge in [-0.2, -0.15) is 0 Å². The number of rotatable bonds is 6. The Morgan fingerprint density at radius 3 is 2.82 bits per heavy atom. The van der Waals surface area contributed by atoms with Gasteiger partial charge in [0.05, 0.1) is 0 Å². The standard InChI is InChI=1S/C11H14F2N2O2/c12-8-1-2-9(13)7(5-8)6-15-4-3-10(14)11(16)17/h1-2,5,10,15H,3-4,6,14H2,(H,16,17). The molecule has 0 bridgehead atoms. The van der Waals surface area contributed by atoms with Crippen molar-refractivity contribution in [3.63, 3.8) is 0 Å². The van der Waals surface area contributed by atoms with Gasteiger partial charge in [-0.05, 0) is 31.2 Å².